The molecule has 0 saturated carbocycles. The van der Waals surface area contributed by atoms with Crippen LogP contribution < -0.4 is 27.0 Å². The largest absolute Gasteiger partial charge is 0.481 e. The molecule has 0 bridgehead atoms. The molecule has 13 nitrogen and oxygen atoms in total. The average Bonchev–Trinajstić information content (AvgIpc) is 2.72. The molecule has 0 unspecified atom stereocenters. The van der Waals surface area contributed by atoms with Crippen LogP contribution >= 0.6 is 0 Å². The first kappa shape index (κ1) is 30.8. The lowest BCUT2D eigenvalue weighted by Gasteiger charge is -2.26. The fourth-order valence-electron chi connectivity index (χ4n) is 2.77. The molecule has 4 amide bonds. The minimum absolute atomic E-state index is 0.105. The molecular weight excluding hydrogens is 450 g/mol. The third-order valence-corrected chi connectivity index (χ3v) is 4.99. The molecule has 13 heteroatoms. The highest BCUT2D eigenvalue weighted by Gasteiger charge is 2.31. The Morgan fingerprint density at radius 1 is 0.647 bits per heavy atom. The SMILES string of the molecule is CC(C)[C@H](NC(=O)[C@H](C)NC(=O)[C@@H](NC(=O)[C@H](C)NC(=O)[C@@H](N)CCC(=O)O)C(C)C)C(=O)O. The van der Waals surface area contributed by atoms with E-state index in [0.717, 1.165) is 0 Å². The Hall–Kier alpha value is -3.22. The summed E-state index contributed by atoms with van der Waals surface area (Å²) in [5.74, 6) is -5.83. The fraction of sp³-hybridized carbons (Fsp3) is 0.714. The summed E-state index contributed by atoms with van der Waals surface area (Å²) in [6.45, 7) is 9.35. The van der Waals surface area contributed by atoms with Crippen molar-refractivity contribution in [3.8, 4) is 0 Å². The molecule has 0 aromatic carbocycles. The van der Waals surface area contributed by atoms with Crippen LogP contribution in [0.25, 0.3) is 0 Å². The van der Waals surface area contributed by atoms with Gasteiger partial charge < -0.3 is 37.2 Å². The van der Waals surface area contributed by atoms with E-state index in [1.54, 1.807) is 27.7 Å². The Kier molecular flexibility index (Phi) is 12.8. The van der Waals surface area contributed by atoms with Crippen LogP contribution in [0.1, 0.15) is 54.4 Å². The Morgan fingerprint density at radius 2 is 1.06 bits per heavy atom. The number of nitrogens with one attached hydrogen (secondary N) is 4. The number of hydrogen-bond donors (Lipinski definition) is 7. The van der Waals surface area contributed by atoms with Gasteiger partial charge in [-0.25, -0.2) is 4.79 Å². The minimum atomic E-state index is -1.20. The second-order valence-electron chi connectivity index (χ2n) is 8.80. The predicted octanol–water partition coefficient (Wildman–Crippen LogP) is -1.45. The van der Waals surface area contributed by atoms with Crippen LogP contribution in [0, 0.1) is 11.8 Å². The molecule has 0 spiro atoms. The number of carboxylic acid groups (broad SMARTS) is 2. The van der Waals surface area contributed by atoms with Gasteiger partial charge in [-0.2, -0.15) is 0 Å². The molecule has 0 heterocycles. The van der Waals surface area contributed by atoms with Crippen LogP contribution in [0.4, 0.5) is 0 Å². The van der Waals surface area contributed by atoms with Gasteiger partial charge in [0.05, 0.1) is 6.04 Å². The molecule has 0 rings (SSSR count). The van der Waals surface area contributed by atoms with Crippen molar-refractivity contribution in [2.45, 2.75) is 84.6 Å². The number of rotatable bonds is 14. The standard InChI is InChI=1S/C21H37N5O8/c1-9(2)15(20(32)24-12(6)18(30)26-16(10(3)4)21(33)34)25-17(29)11(5)23-19(31)13(22)7-8-14(27)28/h9-13,15-16H,7-8,22H2,1-6H3,(H,23,31)(H,24,32)(H,25,29)(H,26,30)(H,27,28)(H,33,34)/t11-,12-,13-,15-,16-/m0/s1. The normalized spacial score (nSPS) is 15.4. The topological polar surface area (TPSA) is 217 Å². The van der Waals surface area contributed by atoms with E-state index < -0.39 is 65.8 Å². The first-order valence-corrected chi connectivity index (χ1v) is 11.0. The number of aliphatic carboxylic acids is 2. The zero-order valence-corrected chi connectivity index (χ0v) is 20.4. The average molecular weight is 488 g/mol. The first-order chi connectivity index (χ1) is 15.6. The molecule has 0 fully saturated rings. The maximum absolute atomic E-state index is 12.7. The van der Waals surface area contributed by atoms with Gasteiger partial charge in [0, 0.05) is 6.42 Å². The van der Waals surface area contributed by atoms with Gasteiger partial charge in [-0.1, -0.05) is 27.7 Å². The highest BCUT2D eigenvalue weighted by molar-refractivity contribution is 5.95. The lowest BCUT2D eigenvalue weighted by atomic mass is 10.0. The van der Waals surface area contributed by atoms with Gasteiger partial charge in [0.15, 0.2) is 0 Å². The number of carboxylic acids is 2. The van der Waals surface area contributed by atoms with E-state index in [9.17, 15) is 33.9 Å². The molecule has 34 heavy (non-hydrogen) atoms. The Morgan fingerprint density at radius 3 is 1.44 bits per heavy atom. The lowest BCUT2D eigenvalue weighted by Crippen LogP contribution is -2.59. The van der Waals surface area contributed by atoms with Crippen molar-refractivity contribution in [1.29, 1.82) is 0 Å². The molecule has 0 aliphatic heterocycles. The Balaban J connectivity index is 5.03. The Labute approximate surface area is 198 Å². The van der Waals surface area contributed by atoms with Crippen molar-refractivity contribution in [3.05, 3.63) is 0 Å². The van der Waals surface area contributed by atoms with Gasteiger partial charge in [-0.05, 0) is 32.1 Å². The van der Waals surface area contributed by atoms with Crippen LogP contribution in [0.15, 0.2) is 0 Å². The quantitative estimate of drug-likeness (QED) is 0.152. The van der Waals surface area contributed by atoms with E-state index in [0.29, 0.717) is 0 Å². The highest BCUT2D eigenvalue weighted by atomic mass is 16.4. The molecular formula is C21H37N5O8. The van der Waals surface area contributed by atoms with E-state index in [1.807, 2.05) is 0 Å². The van der Waals surface area contributed by atoms with Crippen LogP contribution in [-0.2, 0) is 28.8 Å². The van der Waals surface area contributed by atoms with E-state index >= 15 is 0 Å². The summed E-state index contributed by atoms with van der Waals surface area (Å²) in [5, 5.41) is 27.6. The second kappa shape index (κ2) is 14.1. The maximum atomic E-state index is 12.7. The molecule has 194 valence electrons. The molecule has 0 radical (unpaired) electrons. The molecule has 0 aromatic heterocycles. The van der Waals surface area contributed by atoms with E-state index in [4.69, 9.17) is 10.8 Å². The molecule has 0 aliphatic carbocycles. The first-order valence-electron chi connectivity index (χ1n) is 11.0. The Bertz CT molecular complexity index is 770. The zero-order valence-electron chi connectivity index (χ0n) is 20.4. The maximum Gasteiger partial charge on any atom is 0.326 e. The molecule has 0 aliphatic rings. The van der Waals surface area contributed by atoms with Crippen LogP contribution in [-0.4, -0.2) is 76.0 Å². The molecule has 0 saturated heterocycles. The van der Waals surface area contributed by atoms with E-state index in [2.05, 4.69) is 21.3 Å². The van der Waals surface area contributed by atoms with Crippen molar-refractivity contribution in [3.63, 3.8) is 0 Å². The van der Waals surface area contributed by atoms with Crippen LogP contribution in [0.5, 0.6) is 0 Å². The number of carbonyl (C=O) groups is 6. The summed E-state index contributed by atoms with van der Waals surface area (Å²) >= 11 is 0. The van der Waals surface area contributed by atoms with E-state index in [-0.39, 0.29) is 24.7 Å². The zero-order chi connectivity index (χ0) is 26.7. The summed E-state index contributed by atoms with van der Waals surface area (Å²) in [6.07, 6.45) is -0.410. The van der Waals surface area contributed by atoms with Crippen molar-refractivity contribution < 1.29 is 39.0 Å². The van der Waals surface area contributed by atoms with E-state index in [1.165, 1.54) is 13.8 Å². The van der Waals surface area contributed by atoms with Gasteiger partial charge in [0.25, 0.3) is 0 Å². The van der Waals surface area contributed by atoms with Gasteiger partial charge in [0.2, 0.25) is 23.6 Å². The third kappa shape index (κ3) is 10.6. The number of nitrogens with two attached hydrogens (primary N) is 1. The summed E-state index contributed by atoms with van der Waals surface area (Å²) in [5.41, 5.74) is 5.62. The van der Waals surface area contributed by atoms with Crippen molar-refractivity contribution >= 4 is 35.6 Å². The summed E-state index contributed by atoms with van der Waals surface area (Å²) in [7, 11) is 0. The third-order valence-electron chi connectivity index (χ3n) is 4.99. The van der Waals surface area contributed by atoms with Gasteiger partial charge >= 0.3 is 11.9 Å². The predicted molar refractivity (Wildman–Crippen MR) is 121 cm³/mol. The van der Waals surface area contributed by atoms with Crippen LogP contribution in [0.3, 0.4) is 0 Å². The van der Waals surface area contributed by atoms with Crippen molar-refractivity contribution in [1.82, 2.24) is 21.3 Å². The number of amides is 4. The van der Waals surface area contributed by atoms with Crippen molar-refractivity contribution in [2.75, 3.05) is 0 Å². The van der Waals surface area contributed by atoms with Crippen molar-refractivity contribution in [2.24, 2.45) is 17.6 Å². The number of hydrogen-bond acceptors (Lipinski definition) is 7. The minimum Gasteiger partial charge on any atom is -0.481 e. The smallest absolute Gasteiger partial charge is 0.326 e. The van der Waals surface area contributed by atoms with Gasteiger partial charge in [0.1, 0.15) is 24.2 Å². The summed E-state index contributed by atoms with van der Waals surface area (Å²) in [4.78, 5) is 71.5. The second-order valence-corrected chi connectivity index (χ2v) is 8.80. The summed E-state index contributed by atoms with van der Waals surface area (Å²) < 4.78 is 0. The molecule has 5 atom stereocenters. The fourth-order valence-corrected chi connectivity index (χ4v) is 2.77. The molecule has 0 aromatic rings. The lowest BCUT2D eigenvalue weighted by molar-refractivity contribution is -0.143. The highest BCUT2D eigenvalue weighted by Crippen LogP contribution is 2.05. The molecule has 8 N–H and O–H groups in total. The van der Waals surface area contributed by atoms with Gasteiger partial charge in [-0.3, -0.25) is 24.0 Å². The number of carbonyl (C=O) groups excluding carboxylic acids is 4. The monoisotopic (exact) mass is 487 g/mol. The summed E-state index contributed by atoms with van der Waals surface area (Å²) in [6, 6.07) is -5.44. The van der Waals surface area contributed by atoms with Crippen LogP contribution in [0.2, 0.25) is 0 Å². The van der Waals surface area contributed by atoms with Gasteiger partial charge in [-0.15, -0.1) is 0 Å².